The second-order valence-electron chi connectivity index (χ2n) is 3.12. The molecule has 0 aliphatic rings. The summed E-state index contributed by atoms with van der Waals surface area (Å²) in [6.45, 7) is 8.17. The van der Waals surface area contributed by atoms with Crippen LogP contribution in [0, 0.1) is 0 Å². The normalized spacial score (nSPS) is 12.2. The van der Waals surface area contributed by atoms with Crippen molar-refractivity contribution in [3.63, 3.8) is 0 Å². The Bertz CT molecular complexity index is 304. The van der Waals surface area contributed by atoms with Crippen molar-refractivity contribution >= 4 is 5.57 Å². The monoisotopic (exact) mass is 172 g/mol. The second kappa shape index (κ2) is 4.66. The van der Waals surface area contributed by atoms with Crippen LogP contribution in [0.1, 0.15) is 25.8 Å². The van der Waals surface area contributed by atoms with Crippen LogP contribution in [-0.4, -0.2) is 0 Å². The number of allylic oxidation sites excluding steroid dienone is 3. The molecular weight excluding hydrogens is 156 g/mol. The van der Waals surface area contributed by atoms with Crippen molar-refractivity contribution in [3.05, 3.63) is 54.1 Å². The van der Waals surface area contributed by atoms with Crippen LogP contribution in [0.3, 0.4) is 0 Å². The van der Waals surface area contributed by atoms with Crippen LogP contribution in [0.2, 0.25) is 0 Å². The molecule has 0 saturated carbocycles. The van der Waals surface area contributed by atoms with Crippen molar-refractivity contribution in [1.82, 2.24) is 0 Å². The number of rotatable bonds is 3. The highest BCUT2D eigenvalue weighted by atomic mass is 14.0. The van der Waals surface area contributed by atoms with Gasteiger partial charge in [-0.15, -0.1) is 0 Å². The molecule has 0 nitrogen and oxygen atoms in total. The van der Waals surface area contributed by atoms with Gasteiger partial charge in [0.05, 0.1) is 0 Å². The lowest BCUT2D eigenvalue weighted by atomic mass is 9.99. The van der Waals surface area contributed by atoms with Gasteiger partial charge in [0.2, 0.25) is 0 Å². The summed E-state index contributed by atoms with van der Waals surface area (Å²) in [4.78, 5) is 0. The van der Waals surface area contributed by atoms with Gasteiger partial charge in [0, 0.05) is 0 Å². The fourth-order valence-corrected chi connectivity index (χ4v) is 1.35. The first-order valence-corrected chi connectivity index (χ1v) is 4.67. The van der Waals surface area contributed by atoms with Crippen molar-refractivity contribution in [1.29, 1.82) is 0 Å². The summed E-state index contributed by atoms with van der Waals surface area (Å²) in [5.41, 5.74) is 3.92. The summed E-state index contributed by atoms with van der Waals surface area (Å²) in [6, 6.07) is 10.4. The minimum Gasteiger partial charge on any atom is -0.0985 e. The smallest absolute Gasteiger partial charge is 0.0185 e. The lowest BCUT2D eigenvalue weighted by molar-refractivity contribution is 1.10. The molecule has 0 heterocycles. The maximum absolute atomic E-state index is 3.85. The highest BCUT2D eigenvalue weighted by molar-refractivity contribution is 5.75. The van der Waals surface area contributed by atoms with Gasteiger partial charge >= 0.3 is 0 Å². The summed E-state index contributed by atoms with van der Waals surface area (Å²) >= 11 is 0. The summed E-state index contributed by atoms with van der Waals surface area (Å²) < 4.78 is 0. The topological polar surface area (TPSA) is 0 Å². The van der Waals surface area contributed by atoms with Gasteiger partial charge in [-0.05, 0) is 24.5 Å². The molecule has 0 aliphatic heterocycles. The summed E-state index contributed by atoms with van der Waals surface area (Å²) in [7, 11) is 0. The first-order valence-electron chi connectivity index (χ1n) is 4.67. The van der Waals surface area contributed by atoms with E-state index in [0.717, 1.165) is 6.42 Å². The van der Waals surface area contributed by atoms with Crippen LogP contribution < -0.4 is 0 Å². The predicted molar refractivity (Wildman–Crippen MR) is 59.5 cm³/mol. The van der Waals surface area contributed by atoms with E-state index in [0.29, 0.717) is 0 Å². The van der Waals surface area contributed by atoms with Gasteiger partial charge in [0.15, 0.2) is 0 Å². The molecule has 0 saturated heterocycles. The lowest BCUT2D eigenvalue weighted by Gasteiger charge is -2.06. The van der Waals surface area contributed by atoms with Crippen LogP contribution in [-0.2, 0) is 0 Å². The highest BCUT2D eigenvalue weighted by Gasteiger charge is 1.98. The van der Waals surface area contributed by atoms with Crippen LogP contribution in [0.4, 0.5) is 0 Å². The standard InChI is InChI=1S/C13H16/c1-4-11(3)13(5-2)12-9-7-6-8-10-12/h5-10H,2,4H2,1,3H3/b13-11+. The van der Waals surface area contributed by atoms with Crippen molar-refractivity contribution in [2.24, 2.45) is 0 Å². The molecule has 68 valence electrons. The molecule has 1 rings (SSSR count). The summed E-state index contributed by atoms with van der Waals surface area (Å²) in [5, 5.41) is 0. The van der Waals surface area contributed by atoms with E-state index in [-0.39, 0.29) is 0 Å². The quantitative estimate of drug-likeness (QED) is 0.603. The van der Waals surface area contributed by atoms with Crippen molar-refractivity contribution < 1.29 is 0 Å². The van der Waals surface area contributed by atoms with Gasteiger partial charge in [0.1, 0.15) is 0 Å². The zero-order valence-corrected chi connectivity index (χ0v) is 8.38. The Kier molecular flexibility index (Phi) is 3.51. The molecule has 13 heavy (non-hydrogen) atoms. The van der Waals surface area contributed by atoms with Crippen molar-refractivity contribution in [2.45, 2.75) is 20.3 Å². The Morgan fingerprint density at radius 3 is 2.38 bits per heavy atom. The third-order valence-electron chi connectivity index (χ3n) is 2.28. The Hall–Kier alpha value is -1.30. The average molecular weight is 172 g/mol. The van der Waals surface area contributed by atoms with Crippen LogP contribution in [0.25, 0.3) is 5.57 Å². The van der Waals surface area contributed by atoms with Gasteiger partial charge in [-0.2, -0.15) is 0 Å². The van der Waals surface area contributed by atoms with Crippen LogP contribution in [0.15, 0.2) is 48.6 Å². The molecule has 0 bridgehead atoms. The van der Waals surface area contributed by atoms with E-state index in [1.54, 1.807) is 0 Å². The molecule has 0 N–H and O–H groups in total. The third kappa shape index (κ3) is 2.32. The molecule has 0 radical (unpaired) electrons. The van der Waals surface area contributed by atoms with Gasteiger partial charge in [0.25, 0.3) is 0 Å². The van der Waals surface area contributed by atoms with Crippen molar-refractivity contribution in [3.8, 4) is 0 Å². The zero-order valence-electron chi connectivity index (χ0n) is 8.38. The Morgan fingerprint density at radius 1 is 1.31 bits per heavy atom. The Morgan fingerprint density at radius 2 is 1.92 bits per heavy atom. The fraction of sp³-hybridized carbons (Fsp3) is 0.231. The minimum absolute atomic E-state index is 1.08. The van der Waals surface area contributed by atoms with E-state index >= 15 is 0 Å². The van der Waals surface area contributed by atoms with Gasteiger partial charge in [-0.1, -0.05) is 55.5 Å². The van der Waals surface area contributed by atoms with E-state index in [9.17, 15) is 0 Å². The molecule has 0 spiro atoms. The van der Waals surface area contributed by atoms with E-state index in [4.69, 9.17) is 0 Å². The first-order chi connectivity index (χ1) is 6.29. The number of hydrogen-bond acceptors (Lipinski definition) is 0. The van der Waals surface area contributed by atoms with E-state index in [1.165, 1.54) is 16.7 Å². The molecular formula is C13H16. The molecule has 1 aromatic carbocycles. The van der Waals surface area contributed by atoms with E-state index in [2.05, 4.69) is 44.7 Å². The molecule has 0 fully saturated rings. The largest absolute Gasteiger partial charge is 0.0985 e. The zero-order chi connectivity index (χ0) is 9.68. The van der Waals surface area contributed by atoms with Crippen molar-refractivity contribution in [2.75, 3.05) is 0 Å². The van der Waals surface area contributed by atoms with E-state index in [1.807, 2.05) is 12.1 Å². The van der Waals surface area contributed by atoms with Gasteiger partial charge in [-0.25, -0.2) is 0 Å². The third-order valence-corrected chi connectivity index (χ3v) is 2.28. The molecule has 0 heteroatoms. The molecule has 1 aromatic rings. The lowest BCUT2D eigenvalue weighted by Crippen LogP contribution is -1.84. The van der Waals surface area contributed by atoms with Gasteiger partial charge in [-0.3, -0.25) is 0 Å². The van der Waals surface area contributed by atoms with E-state index < -0.39 is 0 Å². The second-order valence-corrected chi connectivity index (χ2v) is 3.12. The average Bonchev–Trinajstić information content (AvgIpc) is 2.20. The highest BCUT2D eigenvalue weighted by Crippen LogP contribution is 2.20. The SMILES string of the molecule is C=C/C(=C(/C)CC)c1ccccc1. The fourth-order valence-electron chi connectivity index (χ4n) is 1.35. The molecule has 0 unspecified atom stereocenters. The molecule has 0 atom stereocenters. The molecule has 0 aromatic heterocycles. The predicted octanol–water partition coefficient (Wildman–Crippen LogP) is 4.06. The number of hydrogen-bond donors (Lipinski definition) is 0. The maximum Gasteiger partial charge on any atom is -0.0185 e. The van der Waals surface area contributed by atoms with Gasteiger partial charge < -0.3 is 0 Å². The van der Waals surface area contributed by atoms with Crippen LogP contribution >= 0.6 is 0 Å². The minimum atomic E-state index is 1.08. The maximum atomic E-state index is 3.85. The summed E-state index contributed by atoms with van der Waals surface area (Å²) in [5.74, 6) is 0. The molecule has 0 aliphatic carbocycles. The first kappa shape index (κ1) is 9.79. The Balaban J connectivity index is 3.12. The van der Waals surface area contributed by atoms with Crippen LogP contribution in [0.5, 0.6) is 0 Å². The number of benzene rings is 1. The summed E-state index contributed by atoms with van der Waals surface area (Å²) in [6.07, 6.45) is 3.02. The molecule has 0 amide bonds. The Labute approximate surface area is 80.6 Å².